The number of rotatable bonds is 6. The summed E-state index contributed by atoms with van der Waals surface area (Å²) < 4.78 is 1.76. The van der Waals surface area contributed by atoms with Crippen molar-refractivity contribution in [3.63, 3.8) is 0 Å². The monoisotopic (exact) mass is 343 g/mol. The van der Waals surface area contributed by atoms with Gasteiger partial charge in [-0.1, -0.05) is 45.0 Å². The SMILES string of the molecule is Cc1nn(C)cc1CCC(=O)NCC(O)c1ccc(C(C)(C)C)cc1. The highest BCUT2D eigenvalue weighted by Gasteiger charge is 2.15. The second kappa shape index (κ2) is 7.83. The quantitative estimate of drug-likeness (QED) is 0.847. The number of carbonyl (C=O) groups is 1. The van der Waals surface area contributed by atoms with Crippen LogP contribution in [0, 0.1) is 6.92 Å². The number of carbonyl (C=O) groups excluding carboxylic acids is 1. The molecule has 0 spiro atoms. The summed E-state index contributed by atoms with van der Waals surface area (Å²) in [5, 5.41) is 17.3. The van der Waals surface area contributed by atoms with Gasteiger partial charge in [0.15, 0.2) is 0 Å². The van der Waals surface area contributed by atoms with Gasteiger partial charge in [-0.05, 0) is 35.4 Å². The average Bonchev–Trinajstić information content (AvgIpc) is 2.87. The van der Waals surface area contributed by atoms with Crippen molar-refractivity contribution >= 4 is 5.91 Å². The molecule has 0 radical (unpaired) electrons. The molecule has 1 amide bonds. The van der Waals surface area contributed by atoms with Crippen LogP contribution in [0.1, 0.15) is 55.7 Å². The fourth-order valence-corrected chi connectivity index (χ4v) is 2.76. The Morgan fingerprint density at radius 2 is 1.92 bits per heavy atom. The van der Waals surface area contributed by atoms with Crippen LogP contribution in [0.4, 0.5) is 0 Å². The van der Waals surface area contributed by atoms with Crippen molar-refractivity contribution in [2.45, 2.75) is 52.1 Å². The lowest BCUT2D eigenvalue weighted by Gasteiger charge is -2.20. The van der Waals surface area contributed by atoms with E-state index in [1.165, 1.54) is 5.56 Å². The highest BCUT2D eigenvalue weighted by atomic mass is 16.3. The molecule has 2 rings (SSSR count). The van der Waals surface area contributed by atoms with Crippen LogP contribution in [0.2, 0.25) is 0 Å². The van der Waals surface area contributed by atoms with Crippen LogP contribution < -0.4 is 5.32 Å². The molecular weight excluding hydrogens is 314 g/mol. The normalized spacial score (nSPS) is 12.9. The fourth-order valence-electron chi connectivity index (χ4n) is 2.76. The molecule has 0 fully saturated rings. The van der Waals surface area contributed by atoms with Crippen molar-refractivity contribution in [2.75, 3.05) is 6.54 Å². The average molecular weight is 343 g/mol. The predicted octanol–water partition coefficient (Wildman–Crippen LogP) is 2.81. The molecule has 1 aromatic carbocycles. The summed E-state index contributed by atoms with van der Waals surface area (Å²) in [6.45, 7) is 8.63. The number of nitrogens with one attached hydrogen (secondary N) is 1. The lowest BCUT2D eigenvalue weighted by Crippen LogP contribution is -2.28. The maximum absolute atomic E-state index is 12.0. The Hall–Kier alpha value is -2.14. The first-order valence-electron chi connectivity index (χ1n) is 8.71. The minimum absolute atomic E-state index is 0.0615. The number of nitrogens with zero attached hydrogens (tertiary/aromatic N) is 2. The van der Waals surface area contributed by atoms with Crippen LogP contribution in [-0.4, -0.2) is 27.3 Å². The summed E-state index contributed by atoms with van der Waals surface area (Å²) in [5.41, 5.74) is 4.16. The van der Waals surface area contributed by atoms with E-state index in [0.717, 1.165) is 16.8 Å². The van der Waals surface area contributed by atoms with Crippen LogP contribution in [0.3, 0.4) is 0 Å². The van der Waals surface area contributed by atoms with Gasteiger partial charge < -0.3 is 10.4 Å². The highest BCUT2D eigenvalue weighted by molar-refractivity contribution is 5.76. The van der Waals surface area contributed by atoms with Gasteiger partial charge in [-0.2, -0.15) is 5.10 Å². The topological polar surface area (TPSA) is 67.2 Å². The number of aliphatic hydroxyl groups excluding tert-OH is 1. The van der Waals surface area contributed by atoms with Gasteiger partial charge in [0.2, 0.25) is 5.91 Å². The summed E-state index contributed by atoms with van der Waals surface area (Å²) in [4.78, 5) is 12.0. The number of hydrogen-bond acceptors (Lipinski definition) is 3. The number of amides is 1. The van der Waals surface area contributed by atoms with Crippen LogP contribution in [0.25, 0.3) is 0 Å². The first kappa shape index (κ1) is 19.2. The number of aliphatic hydroxyl groups is 1. The molecule has 0 saturated heterocycles. The van der Waals surface area contributed by atoms with Crippen LogP contribution >= 0.6 is 0 Å². The van der Waals surface area contributed by atoms with E-state index in [1.54, 1.807) is 4.68 Å². The van der Waals surface area contributed by atoms with E-state index in [2.05, 4.69) is 31.2 Å². The lowest BCUT2D eigenvalue weighted by atomic mass is 9.86. The van der Waals surface area contributed by atoms with Crippen molar-refractivity contribution in [1.82, 2.24) is 15.1 Å². The maximum Gasteiger partial charge on any atom is 0.220 e. The molecule has 0 saturated carbocycles. The molecule has 25 heavy (non-hydrogen) atoms. The van der Waals surface area contributed by atoms with Crippen molar-refractivity contribution in [1.29, 1.82) is 0 Å². The number of benzene rings is 1. The number of aryl methyl sites for hydroxylation is 3. The second-order valence-electron chi connectivity index (χ2n) is 7.61. The number of aromatic nitrogens is 2. The Bertz CT molecular complexity index is 712. The molecule has 0 bridgehead atoms. The third-order valence-corrected chi connectivity index (χ3v) is 4.39. The Morgan fingerprint density at radius 3 is 2.44 bits per heavy atom. The van der Waals surface area contributed by atoms with E-state index in [4.69, 9.17) is 0 Å². The minimum atomic E-state index is -0.696. The molecule has 1 heterocycles. The summed E-state index contributed by atoms with van der Waals surface area (Å²) >= 11 is 0. The largest absolute Gasteiger partial charge is 0.387 e. The zero-order valence-corrected chi connectivity index (χ0v) is 15.8. The molecule has 2 N–H and O–H groups in total. The molecule has 0 aliphatic heterocycles. The van der Waals surface area contributed by atoms with Crippen LogP contribution in [0.5, 0.6) is 0 Å². The Morgan fingerprint density at radius 1 is 1.28 bits per heavy atom. The minimum Gasteiger partial charge on any atom is -0.387 e. The van der Waals surface area contributed by atoms with Gasteiger partial charge in [0.05, 0.1) is 11.8 Å². The first-order valence-corrected chi connectivity index (χ1v) is 8.71. The summed E-state index contributed by atoms with van der Waals surface area (Å²) in [6, 6.07) is 7.92. The molecule has 1 aromatic heterocycles. The predicted molar refractivity (Wildman–Crippen MR) is 99.4 cm³/mol. The second-order valence-corrected chi connectivity index (χ2v) is 7.61. The number of hydrogen-bond donors (Lipinski definition) is 2. The first-order chi connectivity index (χ1) is 11.7. The van der Waals surface area contributed by atoms with E-state index in [0.29, 0.717) is 12.8 Å². The van der Waals surface area contributed by atoms with Gasteiger partial charge >= 0.3 is 0 Å². The van der Waals surface area contributed by atoms with Crippen LogP contribution in [-0.2, 0) is 23.7 Å². The smallest absolute Gasteiger partial charge is 0.220 e. The van der Waals surface area contributed by atoms with Crippen molar-refractivity contribution < 1.29 is 9.90 Å². The van der Waals surface area contributed by atoms with Gasteiger partial charge in [-0.3, -0.25) is 9.48 Å². The van der Waals surface area contributed by atoms with Gasteiger partial charge in [-0.15, -0.1) is 0 Å². The van der Waals surface area contributed by atoms with E-state index < -0.39 is 6.10 Å². The summed E-state index contributed by atoms with van der Waals surface area (Å²) in [7, 11) is 1.87. The van der Waals surface area contributed by atoms with Gasteiger partial charge in [0, 0.05) is 26.2 Å². The lowest BCUT2D eigenvalue weighted by molar-refractivity contribution is -0.121. The fraction of sp³-hybridized carbons (Fsp3) is 0.500. The van der Waals surface area contributed by atoms with Crippen LogP contribution in [0.15, 0.2) is 30.5 Å². The molecule has 5 nitrogen and oxygen atoms in total. The van der Waals surface area contributed by atoms with Gasteiger partial charge in [0.25, 0.3) is 0 Å². The van der Waals surface area contributed by atoms with E-state index in [-0.39, 0.29) is 17.9 Å². The molecule has 5 heteroatoms. The molecule has 0 aliphatic carbocycles. The maximum atomic E-state index is 12.0. The highest BCUT2D eigenvalue weighted by Crippen LogP contribution is 2.23. The van der Waals surface area contributed by atoms with Gasteiger partial charge in [0.1, 0.15) is 0 Å². The molecular formula is C20H29N3O2. The molecule has 1 unspecified atom stereocenters. The van der Waals surface area contributed by atoms with E-state index in [1.807, 2.05) is 44.4 Å². The third kappa shape index (κ3) is 5.43. The van der Waals surface area contributed by atoms with E-state index in [9.17, 15) is 9.90 Å². The molecule has 0 aliphatic rings. The summed E-state index contributed by atoms with van der Waals surface area (Å²) in [6.07, 6.45) is 2.29. The zero-order valence-electron chi connectivity index (χ0n) is 15.8. The van der Waals surface area contributed by atoms with Crippen molar-refractivity contribution in [3.8, 4) is 0 Å². The molecule has 1 atom stereocenters. The Balaban J connectivity index is 1.81. The molecule has 136 valence electrons. The Kier molecular flexibility index (Phi) is 6.01. The Labute approximate surface area is 150 Å². The van der Waals surface area contributed by atoms with Gasteiger partial charge in [-0.25, -0.2) is 0 Å². The molecule has 2 aromatic rings. The van der Waals surface area contributed by atoms with Crippen molar-refractivity contribution in [3.05, 3.63) is 52.8 Å². The third-order valence-electron chi connectivity index (χ3n) is 4.39. The van der Waals surface area contributed by atoms with E-state index >= 15 is 0 Å². The van der Waals surface area contributed by atoms with Crippen molar-refractivity contribution in [2.24, 2.45) is 7.05 Å². The standard InChI is InChI=1S/C20H29N3O2/c1-14-16(13-23(5)22-14)8-11-19(25)21-12-18(24)15-6-9-17(10-7-15)20(2,3)4/h6-7,9-10,13,18,24H,8,11-12H2,1-5H3,(H,21,25). The summed E-state index contributed by atoms with van der Waals surface area (Å²) in [5.74, 6) is -0.0615. The zero-order chi connectivity index (χ0) is 18.6.